The number of aromatic nitrogens is 5. The topological polar surface area (TPSA) is 80.9 Å². The molecule has 0 aliphatic carbocycles. The average molecular weight is 500 g/mol. The van der Waals surface area contributed by atoms with Crippen molar-refractivity contribution in [2.75, 3.05) is 20.1 Å². The Bertz CT molecular complexity index is 1220. The molecule has 1 aromatic carbocycles. The first kappa shape index (κ1) is 25.9. The number of benzene rings is 1. The van der Waals surface area contributed by atoms with E-state index in [2.05, 4.69) is 36.3 Å². The van der Waals surface area contributed by atoms with E-state index in [-0.39, 0.29) is 0 Å². The second-order valence-electron chi connectivity index (χ2n) is 7.64. The first-order chi connectivity index (χ1) is 16.5. The molecule has 8 nitrogen and oxygen atoms in total. The standard InChI is InChI=1S/C12H15N5OS.C9H6ClN.C3H9N/c1-9-11(5-10(7-18)15(9)2)19-17-4-3-16-8-13-14-12(16)6-17;10-8-3-4-9-7(6-8)2-1-5-11-9;1-3-4-2/h5,7-8H,3-4,6H2,1-2H3;1-6H;4H,3H2,1-2H3. The number of carbonyl (C=O) groups excluding carboxylic acids is 1. The van der Waals surface area contributed by atoms with Gasteiger partial charge in [-0.05, 0) is 62.8 Å². The van der Waals surface area contributed by atoms with Gasteiger partial charge in [0.15, 0.2) is 6.29 Å². The smallest absolute Gasteiger partial charge is 0.166 e. The zero-order valence-electron chi connectivity index (χ0n) is 19.9. The monoisotopic (exact) mass is 499 g/mol. The summed E-state index contributed by atoms with van der Waals surface area (Å²) in [5.74, 6) is 0.989. The minimum Gasteiger partial charge on any atom is -0.345 e. The van der Waals surface area contributed by atoms with Gasteiger partial charge < -0.3 is 14.5 Å². The molecule has 0 fully saturated rings. The molecular formula is C24H30ClN7OS. The van der Waals surface area contributed by atoms with E-state index in [1.54, 1.807) is 24.5 Å². The Kier molecular flexibility index (Phi) is 9.64. The zero-order valence-corrected chi connectivity index (χ0v) is 21.5. The van der Waals surface area contributed by atoms with E-state index < -0.39 is 0 Å². The van der Waals surface area contributed by atoms with Crippen LogP contribution in [0, 0.1) is 6.92 Å². The lowest BCUT2D eigenvalue weighted by atomic mass is 10.2. The van der Waals surface area contributed by atoms with Gasteiger partial charge in [-0.2, -0.15) is 0 Å². The van der Waals surface area contributed by atoms with Gasteiger partial charge in [-0.3, -0.25) is 9.78 Å². The Morgan fingerprint density at radius 1 is 1.24 bits per heavy atom. The second kappa shape index (κ2) is 12.7. The lowest BCUT2D eigenvalue weighted by molar-refractivity contribution is 0.111. The summed E-state index contributed by atoms with van der Waals surface area (Å²) in [6.07, 6.45) is 4.44. The predicted octanol–water partition coefficient (Wildman–Crippen LogP) is 4.37. The van der Waals surface area contributed by atoms with Gasteiger partial charge in [0.05, 0.1) is 17.8 Å². The average Bonchev–Trinajstić information content (AvgIpc) is 3.44. The van der Waals surface area contributed by atoms with E-state index in [1.807, 2.05) is 62.0 Å². The summed E-state index contributed by atoms with van der Waals surface area (Å²) in [7, 11) is 3.84. The van der Waals surface area contributed by atoms with E-state index in [1.165, 1.54) is 0 Å². The number of hydrogen-bond acceptors (Lipinski definition) is 7. The molecule has 34 heavy (non-hydrogen) atoms. The van der Waals surface area contributed by atoms with E-state index >= 15 is 0 Å². The van der Waals surface area contributed by atoms with Crippen LogP contribution in [0.2, 0.25) is 5.02 Å². The van der Waals surface area contributed by atoms with Gasteiger partial charge in [-0.1, -0.05) is 24.6 Å². The van der Waals surface area contributed by atoms with Crippen LogP contribution >= 0.6 is 23.5 Å². The van der Waals surface area contributed by atoms with Crippen LogP contribution in [0.3, 0.4) is 0 Å². The molecule has 0 amide bonds. The Labute approximate surface area is 209 Å². The highest BCUT2D eigenvalue weighted by Gasteiger charge is 2.20. The van der Waals surface area contributed by atoms with E-state index in [9.17, 15) is 4.79 Å². The third-order valence-corrected chi connectivity index (χ3v) is 6.81. The lowest BCUT2D eigenvalue weighted by Crippen LogP contribution is -2.28. The van der Waals surface area contributed by atoms with Crippen molar-refractivity contribution in [3.8, 4) is 0 Å². The maximum Gasteiger partial charge on any atom is 0.166 e. The van der Waals surface area contributed by atoms with Gasteiger partial charge in [-0.25, -0.2) is 4.31 Å². The number of hydrogen-bond donors (Lipinski definition) is 1. The quantitative estimate of drug-likeness (QED) is 0.329. The number of nitrogens with one attached hydrogen (secondary N) is 1. The predicted molar refractivity (Wildman–Crippen MR) is 138 cm³/mol. The van der Waals surface area contributed by atoms with Crippen molar-refractivity contribution in [3.05, 3.63) is 71.2 Å². The van der Waals surface area contributed by atoms with Crippen LogP contribution in [-0.2, 0) is 20.1 Å². The molecule has 0 atom stereocenters. The zero-order chi connectivity index (χ0) is 24.5. The molecule has 1 N–H and O–H groups in total. The number of nitrogens with zero attached hydrogens (tertiary/aromatic N) is 6. The van der Waals surface area contributed by atoms with Crippen LogP contribution < -0.4 is 5.32 Å². The molecule has 180 valence electrons. The molecule has 5 rings (SSSR count). The molecule has 1 aliphatic rings. The fourth-order valence-electron chi connectivity index (χ4n) is 3.21. The van der Waals surface area contributed by atoms with E-state index in [4.69, 9.17) is 11.6 Å². The van der Waals surface area contributed by atoms with Crippen LogP contribution in [0.15, 0.2) is 53.8 Å². The molecule has 3 aromatic heterocycles. The maximum absolute atomic E-state index is 10.9. The third kappa shape index (κ3) is 6.66. The number of fused-ring (bicyclic) bond motifs is 2. The Balaban J connectivity index is 0.000000182. The molecule has 0 radical (unpaired) electrons. The number of rotatable bonds is 4. The third-order valence-electron chi connectivity index (χ3n) is 5.40. The fourth-order valence-corrected chi connectivity index (χ4v) is 4.46. The van der Waals surface area contributed by atoms with E-state index in [0.717, 1.165) is 64.8 Å². The van der Waals surface area contributed by atoms with Crippen molar-refractivity contribution in [2.45, 2.75) is 31.8 Å². The highest BCUT2D eigenvalue weighted by atomic mass is 35.5. The molecule has 4 aromatic rings. The van der Waals surface area contributed by atoms with Crippen molar-refractivity contribution in [1.29, 1.82) is 0 Å². The molecule has 1 aliphatic heterocycles. The first-order valence-corrected chi connectivity index (χ1v) is 12.2. The van der Waals surface area contributed by atoms with Gasteiger partial charge in [0.2, 0.25) is 0 Å². The molecule has 0 saturated heterocycles. The van der Waals surface area contributed by atoms with Crippen molar-refractivity contribution < 1.29 is 4.79 Å². The normalized spacial score (nSPS) is 12.9. The van der Waals surface area contributed by atoms with Crippen LogP contribution in [0.1, 0.15) is 28.9 Å². The van der Waals surface area contributed by atoms with Crippen LogP contribution in [0.25, 0.3) is 10.9 Å². The summed E-state index contributed by atoms with van der Waals surface area (Å²) < 4.78 is 6.24. The maximum atomic E-state index is 10.9. The highest BCUT2D eigenvalue weighted by Crippen LogP contribution is 2.30. The Morgan fingerprint density at radius 2 is 2.03 bits per heavy atom. The number of carbonyl (C=O) groups is 1. The van der Waals surface area contributed by atoms with Crippen molar-refractivity contribution in [3.63, 3.8) is 0 Å². The number of pyridine rings is 1. The van der Waals surface area contributed by atoms with Crippen molar-refractivity contribution >= 4 is 40.7 Å². The first-order valence-electron chi connectivity index (χ1n) is 11.0. The van der Waals surface area contributed by atoms with Gasteiger partial charge in [0, 0.05) is 47.3 Å². The molecule has 0 saturated carbocycles. The SMILES string of the molecule is CCNC.Cc1c(SN2CCn3cnnc3C2)cc(C=O)n1C.Clc1ccc2ncccc2c1. The summed E-state index contributed by atoms with van der Waals surface area (Å²) in [5.41, 5.74) is 2.80. The number of halogens is 1. The van der Waals surface area contributed by atoms with Gasteiger partial charge in [0.25, 0.3) is 0 Å². The van der Waals surface area contributed by atoms with Gasteiger partial charge in [-0.15, -0.1) is 10.2 Å². The molecule has 4 heterocycles. The summed E-state index contributed by atoms with van der Waals surface area (Å²) in [4.78, 5) is 16.2. The van der Waals surface area contributed by atoms with Gasteiger partial charge in [0.1, 0.15) is 12.2 Å². The van der Waals surface area contributed by atoms with Crippen molar-refractivity contribution in [1.82, 2.24) is 33.9 Å². The molecule has 10 heteroatoms. The lowest BCUT2D eigenvalue weighted by Gasteiger charge is -2.25. The summed E-state index contributed by atoms with van der Waals surface area (Å²) in [5, 5.41) is 12.8. The van der Waals surface area contributed by atoms with Crippen LogP contribution in [0.4, 0.5) is 0 Å². The Hall–Kier alpha value is -2.72. The van der Waals surface area contributed by atoms with Crippen LogP contribution in [-0.4, -0.2) is 55.0 Å². The largest absolute Gasteiger partial charge is 0.345 e. The fraction of sp³-hybridized carbons (Fsp3) is 0.333. The number of aldehydes is 1. The summed E-state index contributed by atoms with van der Waals surface area (Å²) in [6, 6.07) is 11.5. The Morgan fingerprint density at radius 3 is 2.74 bits per heavy atom. The summed E-state index contributed by atoms with van der Waals surface area (Å²) >= 11 is 7.47. The van der Waals surface area contributed by atoms with Crippen molar-refractivity contribution in [2.24, 2.45) is 7.05 Å². The highest BCUT2D eigenvalue weighted by molar-refractivity contribution is 7.97. The molecule has 0 spiro atoms. The molecule has 0 bridgehead atoms. The molecule has 0 unspecified atom stereocenters. The second-order valence-corrected chi connectivity index (χ2v) is 9.21. The molecular weight excluding hydrogens is 470 g/mol. The van der Waals surface area contributed by atoms with Crippen LogP contribution in [0.5, 0.6) is 0 Å². The van der Waals surface area contributed by atoms with Gasteiger partial charge >= 0.3 is 0 Å². The minimum atomic E-state index is 0.708. The van der Waals surface area contributed by atoms with E-state index in [0.29, 0.717) is 5.69 Å². The summed E-state index contributed by atoms with van der Waals surface area (Å²) in [6.45, 7) is 7.79. The minimum absolute atomic E-state index is 0.708.